The third kappa shape index (κ3) is 2.63. The molecule has 0 saturated carbocycles. The van der Waals surface area contributed by atoms with Gasteiger partial charge in [-0.3, -0.25) is 9.69 Å². The van der Waals surface area contributed by atoms with Crippen molar-refractivity contribution in [2.45, 2.75) is 22.4 Å². The van der Waals surface area contributed by atoms with Crippen LogP contribution in [0.1, 0.15) is 5.82 Å². The first kappa shape index (κ1) is 15.7. The Bertz CT molecular complexity index is 662. The van der Waals surface area contributed by atoms with Crippen molar-refractivity contribution in [3.63, 3.8) is 0 Å². The number of carbonyl (C=O) groups is 2. The summed E-state index contributed by atoms with van der Waals surface area (Å²) in [5.41, 5.74) is 6.40. The van der Waals surface area contributed by atoms with Crippen molar-refractivity contribution < 1.29 is 19.8 Å². The van der Waals surface area contributed by atoms with E-state index in [-0.39, 0.29) is 23.6 Å². The SMILES string of the molecule is NC1C(=O)N2C(C(=O)O)=C(CSc3nc(CO)ns3)CS[C@H]12. The zero-order chi connectivity index (χ0) is 15.9. The van der Waals surface area contributed by atoms with Crippen molar-refractivity contribution in [1.29, 1.82) is 0 Å². The molecule has 3 rings (SSSR count). The maximum absolute atomic E-state index is 11.8. The highest BCUT2D eigenvalue weighted by Gasteiger charge is 2.51. The van der Waals surface area contributed by atoms with Gasteiger partial charge < -0.3 is 15.9 Å². The summed E-state index contributed by atoms with van der Waals surface area (Å²) in [6.07, 6.45) is 0. The van der Waals surface area contributed by atoms with E-state index in [0.717, 1.165) is 11.5 Å². The summed E-state index contributed by atoms with van der Waals surface area (Å²) < 4.78 is 4.61. The van der Waals surface area contributed by atoms with Gasteiger partial charge in [-0.2, -0.15) is 4.37 Å². The molecule has 0 radical (unpaired) electrons. The molecule has 11 heteroatoms. The number of rotatable bonds is 5. The minimum atomic E-state index is -1.12. The van der Waals surface area contributed by atoms with Crippen LogP contribution in [0.15, 0.2) is 15.6 Å². The number of fused-ring (bicyclic) bond motifs is 1. The number of β-lactam (4-membered cyclic amide) rings is 1. The molecule has 22 heavy (non-hydrogen) atoms. The molecule has 2 atom stereocenters. The van der Waals surface area contributed by atoms with E-state index in [0.29, 0.717) is 27.2 Å². The quantitative estimate of drug-likeness (QED) is 0.479. The van der Waals surface area contributed by atoms with Gasteiger partial charge in [-0.05, 0) is 17.1 Å². The van der Waals surface area contributed by atoms with Crippen LogP contribution in [-0.2, 0) is 16.2 Å². The number of hydrogen-bond donors (Lipinski definition) is 3. The van der Waals surface area contributed by atoms with E-state index in [1.165, 1.54) is 28.4 Å². The number of aliphatic hydroxyl groups excluding tert-OH is 1. The van der Waals surface area contributed by atoms with Crippen molar-refractivity contribution in [2.24, 2.45) is 5.73 Å². The Morgan fingerprint density at radius 3 is 2.95 bits per heavy atom. The summed E-state index contributed by atoms with van der Waals surface area (Å²) >= 11 is 3.97. The molecule has 3 heterocycles. The average Bonchev–Trinajstić information content (AvgIpc) is 2.99. The predicted octanol–water partition coefficient (Wildman–Crippen LogP) is -0.296. The molecule has 4 N–H and O–H groups in total. The second-order valence-corrected chi connectivity index (χ2v) is 7.70. The molecule has 1 aromatic rings. The standard InChI is InChI=1S/C11H12N4O4S3/c12-6-8(17)15-7(10(18)19)4(2-20-9(6)15)3-21-11-13-5(1-16)14-22-11/h6,9,16H,1-3,12H2,(H,18,19)/t6?,9-/m1/s1. The normalized spacial score (nSPS) is 24.3. The van der Waals surface area contributed by atoms with Gasteiger partial charge in [0.05, 0.1) is 0 Å². The van der Waals surface area contributed by atoms with Crippen LogP contribution in [0.25, 0.3) is 0 Å². The maximum Gasteiger partial charge on any atom is 0.352 e. The van der Waals surface area contributed by atoms with Crippen LogP contribution in [0.4, 0.5) is 0 Å². The van der Waals surface area contributed by atoms with Crippen molar-refractivity contribution in [2.75, 3.05) is 11.5 Å². The van der Waals surface area contributed by atoms with Crippen LogP contribution in [-0.4, -0.2) is 59.3 Å². The van der Waals surface area contributed by atoms with Crippen LogP contribution in [0.2, 0.25) is 0 Å². The highest BCUT2D eigenvalue weighted by Crippen LogP contribution is 2.40. The number of aliphatic hydroxyl groups is 1. The van der Waals surface area contributed by atoms with Gasteiger partial charge in [-0.15, -0.1) is 11.8 Å². The van der Waals surface area contributed by atoms with Crippen LogP contribution >= 0.6 is 35.1 Å². The molecule has 1 unspecified atom stereocenters. The molecule has 0 bridgehead atoms. The first-order chi connectivity index (χ1) is 10.5. The molecule has 1 saturated heterocycles. The number of nitrogens with two attached hydrogens (primary N) is 1. The molecule has 1 aromatic heterocycles. The number of hydrogen-bond acceptors (Lipinski definition) is 9. The monoisotopic (exact) mass is 360 g/mol. The summed E-state index contributed by atoms with van der Waals surface area (Å²) in [4.78, 5) is 28.7. The lowest BCUT2D eigenvalue weighted by molar-refractivity contribution is -0.147. The number of thioether (sulfide) groups is 2. The molecular formula is C11H12N4O4S3. The van der Waals surface area contributed by atoms with E-state index in [1.54, 1.807) is 0 Å². The van der Waals surface area contributed by atoms with Crippen LogP contribution in [0.5, 0.6) is 0 Å². The molecule has 2 aliphatic heterocycles. The molecule has 118 valence electrons. The number of carboxylic acid groups (broad SMARTS) is 1. The molecule has 1 amide bonds. The number of nitrogens with zero attached hydrogens (tertiary/aromatic N) is 3. The summed E-state index contributed by atoms with van der Waals surface area (Å²) in [5, 5.41) is 18.1. The van der Waals surface area contributed by atoms with Gasteiger partial charge in [-0.25, -0.2) is 9.78 Å². The highest BCUT2D eigenvalue weighted by atomic mass is 32.2. The molecule has 0 aromatic carbocycles. The van der Waals surface area contributed by atoms with Gasteiger partial charge in [0.1, 0.15) is 23.7 Å². The van der Waals surface area contributed by atoms with Crippen molar-refractivity contribution in [3.8, 4) is 0 Å². The van der Waals surface area contributed by atoms with Gasteiger partial charge in [0.2, 0.25) is 5.91 Å². The van der Waals surface area contributed by atoms with Crippen LogP contribution in [0, 0.1) is 0 Å². The fourth-order valence-corrected chi connectivity index (χ4v) is 5.26. The second-order valence-electron chi connectivity index (χ2n) is 4.62. The molecular weight excluding hydrogens is 348 g/mol. The Labute approximate surface area is 137 Å². The molecule has 8 nitrogen and oxygen atoms in total. The lowest BCUT2D eigenvalue weighted by Crippen LogP contribution is -2.68. The lowest BCUT2D eigenvalue weighted by atomic mass is 10.0. The average molecular weight is 360 g/mol. The number of aromatic nitrogens is 2. The van der Waals surface area contributed by atoms with E-state index in [2.05, 4.69) is 9.36 Å². The van der Waals surface area contributed by atoms with Crippen molar-refractivity contribution in [1.82, 2.24) is 14.3 Å². The molecule has 1 fully saturated rings. The Morgan fingerprint density at radius 2 is 2.32 bits per heavy atom. The molecule has 2 aliphatic rings. The smallest absolute Gasteiger partial charge is 0.352 e. The second kappa shape index (κ2) is 6.16. The minimum Gasteiger partial charge on any atom is -0.477 e. The zero-order valence-electron chi connectivity index (χ0n) is 11.1. The Kier molecular flexibility index (Phi) is 4.41. The third-order valence-corrected chi connectivity index (χ3v) is 6.57. The minimum absolute atomic E-state index is 0.0369. The Hall–Kier alpha value is -1.14. The van der Waals surface area contributed by atoms with Crippen LogP contribution < -0.4 is 5.73 Å². The van der Waals surface area contributed by atoms with Crippen LogP contribution in [0.3, 0.4) is 0 Å². The van der Waals surface area contributed by atoms with Gasteiger partial charge in [0.25, 0.3) is 0 Å². The fourth-order valence-electron chi connectivity index (χ4n) is 2.20. The summed E-state index contributed by atoms with van der Waals surface area (Å²) in [7, 11) is 0. The summed E-state index contributed by atoms with van der Waals surface area (Å²) in [6.45, 7) is -0.224. The number of amides is 1. The third-order valence-electron chi connectivity index (χ3n) is 3.25. The van der Waals surface area contributed by atoms with E-state index in [1.807, 2.05) is 0 Å². The van der Waals surface area contributed by atoms with E-state index in [9.17, 15) is 14.7 Å². The highest BCUT2D eigenvalue weighted by molar-refractivity contribution is 8.01. The summed E-state index contributed by atoms with van der Waals surface area (Å²) in [5.74, 6) is -0.199. The fraction of sp³-hybridized carbons (Fsp3) is 0.455. The first-order valence-corrected chi connectivity index (χ1v) is 9.05. The van der Waals surface area contributed by atoms with E-state index < -0.39 is 12.0 Å². The predicted molar refractivity (Wildman–Crippen MR) is 82.3 cm³/mol. The molecule has 0 aliphatic carbocycles. The van der Waals surface area contributed by atoms with Crippen molar-refractivity contribution >= 4 is 46.9 Å². The zero-order valence-corrected chi connectivity index (χ0v) is 13.6. The van der Waals surface area contributed by atoms with Gasteiger partial charge in [0.15, 0.2) is 10.2 Å². The van der Waals surface area contributed by atoms with Gasteiger partial charge in [0, 0.05) is 11.5 Å². The Balaban J connectivity index is 1.78. The number of aliphatic carboxylic acids is 1. The van der Waals surface area contributed by atoms with Gasteiger partial charge >= 0.3 is 5.97 Å². The van der Waals surface area contributed by atoms with Crippen molar-refractivity contribution in [3.05, 3.63) is 17.1 Å². The van der Waals surface area contributed by atoms with E-state index >= 15 is 0 Å². The number of carboxylic acids is 1. The largest absolute Gasteiger partial charge is 0.477 e. The molecule has 0 spiro atoms. The first-order valence-electron chi connectivity index (χ1n) is 6.24. The summed E-state index contributed by atoms with van der Waals surface area (Å²) in [6, 6.07) is -0.621. The van der Waals surface area contributed by atoms with E-state index in [4.69, 9.17) is 10.8 Å². The topological polar surface area (TPSA) is 130 Å². The number of carbonyl (C=O) groups excluding carboxylic acids is 1. The Morgan fingerprint density at radius 1 is 1.55 bits per heavy atom. The maximum atomic E-state index is 11.8. The lowest BCUT2D eigenvalue weighted by Gasteiger charge is -2.48. The van der Waals surface area contributed by atoms with Gasteiger partial charge in [-0.1, -0.05) is 11.8 Å².